The minimum absolute atomic E-state index is 0.0884. The summed E-state index contributed by atoms with van der Waals surface area (Å²) in [5, 5.41) is 7.72. The highest BCUT2D eigenvalue weighted by atomic mass is 15.3. The molecule has 0 spiro atoms. The maximum atomic E-state index is 5.79. The third-order valence-corrected chi connectivity index (χ3v) is 2.83. The van der Waals surface area contributed by atoms with Gasteiger partial charge < -0.3 is 11.1 Å². The second-order valence-corrected chi connectivity index (χ2v) is 4.02. The summed E-state index contributed by atoms with van der Waals surface area (Å²) in [6.45, 7) is 4.18. The van der Waals surface area contributed by atoms with Gasteiger partial charge in [0, 0.05) is 17.8 Å². The van der Waals surface area contributed by atoms with Gasteiger partial charge in [0.05, 0.1) is 12.2 Å². The molecule has 2 rings (SSSR count). The average molecular weight is 194 g/mol. The second-order valence-electron chi connectivity index (χ2n) is 4.02. The molecule has 4 nitrogen and oxygen atoms in total. The zero-order valence-electron chi connectivity index (χ0n) is 8.61. The van der Waals surface area contributed by atoms with Crippen molar-refractivity contribution in [2.45, 2.75) is 31.8 Å². The number of nitrogens with two attached hydrogens (primary N) is 1. The summed E-state index contributed by atoms with van der Waals surface area (Å²) in [6, 6.07) is 0.647. The molecular formula is C10H18N4. The second kappa shape index (κ2) is 4.11. The maximum Gasteiger partial charge on any atom is 0.0543 e. The van der Waals surface area contributed by atoms with Crippen LogP contribution in [0.5, 0.6) is 0 Å². The molecule has 1 unspecified atom stereocenters. The van der Waals surface area contributed by atoms with Gasteiger partial charge in [-0.3, -0.25) is 4.68 Å². The Morgan fingerprint density at radius 1 is 1.57 bits per heavy atom. The minimum atomic E-state index is 0.0884. The molecule has 0 aromatic carbocycles. The van der Waals surface area contributed by atoms with Crippen molar-refractivity contribution in [2.24, 2.45) is 5.73 Å². The van der Waals surface area contributed by atoms with Crippen molar-refractivity contribution in [2.75, 3.05) is 13.1 Å². The number of nitrogens with one attached hydrogen (secondary N) is 1. The fourth-order valence-corrected chi connectivity index (χ4v) is 1.86. The molecule has 1 aliphatic heterocycles. The monoisotopic (exact) mass is 194 g/mol. The summed E-state index contributed by atoms with van der Waals surface area (Å²) in [7, 11) is 0. The topological polar surface area (TPSA) is 55.9 Å². The molecule has 14 heavy (non-hydrogen) atoms. The first-order chi connectivity index (χ1) is 6.77. The fraction of sp³-hybridized carbons (Fsp3) is 0.700. The van der Waals surface area contributed by atoms with E-state index in [2.05, 4.69) is 21.3 Å². The zero-order chi connectivity index (χ0) is 9.97. The van der Waals surface area contributed by atoms with E-state index in [1.54, 1.807) is 0 Å². The Morgan fingerprint density at radius 3 is 2.86 bits per heavy atom. The summed E-state index contributed by atoms with van der Waals surface area (Å²) in [4.78, 5) is 0. The molecule has 4 heteroatoms. The smallest absolute Gasteiger partial charge is 0.0543 e. The third-order valence-electron chi connectivity index (χ3n) is 2.83. The highest BCUT2D eigenvalue weighted by Gasteiger charge is 2.15. The van der Waals surface area contributed by atoms with E-state index in [0.717, 1.165) is 18.7 Å². The van der Waals surface area contributed by atoms with Crippen LogP contribution in [0.25, 0.3) is 0 Å². The number of hydrogen-bond acceptors (Lipinski definition) is 3. The van der Waals surface area contributed by atoms with E-state index in [-0.39, 0.29) is 6.04 Å². The van der Waals surface area contributed by atoms with Crippen LogP contribution in [-0.2, 0) is 0 Å². The van der Waals surface area contributed by atoms with E-state index in [0.29, 0.717) is 6.04 Å². The van der Waals surface area contributed by atoms with Gasteiger partial charge in [0.25, 0.3) is 0 Å². The van der Waals surface area contributed by atoms with Gasteiger partial charge in [0.1, 0.15) is 0 Å². The minimum Gasteiger partial charge on any atom is -0.324 e. The molecule has 0 bridgehead atoms. The van der Waals surface area contributed by atoms with Crippen LogP contribution in [0.3, 0.4) is 0 Å². The van der Waals surface area contributed by atoms with E-state index >= 15 is 0 Å². The molecule has 0 aliphatic carbocycles. The fourth-order valence-electron chi connectivity index (χ4n) is 1.86. The lowest BCUT2D eigenvalue weighted by Crippen LogP contribution is -2.29. The van der Waals surface area contributed by atoms with E-state index in [9.17, 15) is 0 Å². The van der Waals surface area contributed by atoms with Crippen LogP contribution in [0.15, 0.2) is 12.4 Å². The molecule has 0 saturated carbocycles. The van der Waals surface area contributed by atoms with Crippen molar-refractivity contribution in [3.05, 3.63) is 18.0 Å². The Morgan fingerprint density at radius 2 is 2.29 bits per heavy atom. The van der Waals surface area contributed by atoms with Crippen LogP contribution in [0, 0.1) is 0 Å². The molecule has 0 amide bonds. The zero-order valence-corrected chi connectivity index (χ0v) is 8.61. The van der Waals surface area contributed by atoms with Crippen molar-refractivity contribution >= 4 is 0 Å². The molecular weight excluding hydrogens is 176 g/mol. The number of nitrogens with zero attached hydrogens (tertiary/aromatic N) is 2. The molecule has 0 radical (unpaired) electrons. The van der Waals surface area contributed by atoms with E-state index < -0.39 is 0 Å². The molecule has 1 fully saturated rings. The maximum absolute atomic E-state index is 5.79. The van der Waals surface area contributed by atoms with Crippen LogP contribution < -0.4 is 11.1 Å². The van der Waals surface area contributed by atoms with E-state index in [1.165, 1.54) is 12.8 Å². The molecule has 2 heterocycles. The summed E-state index contributed by atoms with van der Waals surface area (Å²) in [5.41, 5.74) is 6.92. The Bertz CT molecular complexity index is 286. The van der Waals surface area contributed by atoms with Gasteiger partial charge in [0.15, 0.2) is 0 Å². The normalized spacial score (nSPS) is 21.0. The van der Waals surface area contributed by atoms with Crippen LogP contribution in [0.2, 0.25) is 0 Å². The van der Waals surface area contributed by atoms with Crippen LogP contribution in [-0.4, -0.2) is 22.9 Å². The molecule has 78 valence electrons. The largest absolute Gasteiger partial charge is 0.324 e. The summed E-state index contributed by atoms with van der Waals surface area (Å²) in [6.07, 6.45) is 6.30. The Balaban J connectivity index is 2.07. The molecule has 1 atom stereocenters. The van der Waals surface area contributed by atoms with E-state index in [1.807, 2.05) is 13.1 Å². The first-order valence-electron chi connectivity index (χ1n) is 5.27. The lowest BCUT2D eigenvalue weighted by atomic mass is 10.1. The quantitative estimate of drug-likeness (QED) is 0.733. The van der Waals surface area contributed by atoms with Crippen molar-refractivity contribution in [3.8, 4) is 0 Å². The molecule has 1 aromatic heterocycles. The SMILES string of the molecule is CC(N)c1cnn(C2CCNCC2)c1. The first-order valence-corrected chi connectivity index (χ1v) is 5.27. The number of rotatable bonds is 2. The summed E-state index contributed by atoms with van der Waals surface area (Å²) < 4.78 is 2.07. The lowest BCUT2D eigenvalue weighted by Gasteiger charge is -2.22. The van der Waals surface area contributed by atoms with Gasteiger partial charge in [-0.05, 0) is 32.9 Å². The summed E-state index contributed by atoms with van der Waals surface area (Å²) in [5.74, 6) is 0. The van der Waals surface area contributed by atoms with Crippen molar-refractivity contribution < 1.29 is 0 Å². The summed E-state index contributed by atoms with van der Waals surface area (Å²) >= 11 is 0. The molecule has 1 saturated heterocycles. The van der Waals surface area contributed by atoms with Gasteiger partial charge in [-0.2, -0.15) is 5.10 Å². The van der Waals surface area contributed by atoms with Gasteiger partial charge >= 0.3 is 0 Å². The Kier molecular flexibility index (Phi) is 2.84. The van der Waals surface area contributed by atoms with Crippen molar-refractivity contribution in [1.82, 2.24) is 15.1 Å². The average Bonchev–Trinajstić information content (AvgIpc) is 2.68. The van der Waals surface area contributed by atoms with Crippen molar-refractivity contribution in [1.29, 1.82) is 0 Å². The predicted octanol–water partition coefficient (Wildman–Crippen LogP) is 0.827. The highest BCUT2D eigenvalue weighted by molar-refractivity contribution is 5.08. The number of hydrogen-bond donors (Lipinski definition) is 2. The van der Waals surface area contributed by atoms with Gasteiger partial charge in [-0.1, -0.05) is 0 Å². The van der Waals surface area contributed by atoms with Crippen LogP contribution >= 0.6 is 0 Å². The standard InChI is InChI=1S/C10H18N4/c1-8(11)9-6-13-14(7-9)10-2-4-12-5-3-10/h6-8,10,12H,2-5,11H2,1H3. The highest BCUT2D eigenvalue weighted by Crippen LogP contribution is 2.19. The number of aromatic nitrogens is 2. The van der Waals surface area contributed by atoms with Crippen LogP contribution in [0.4, 0.5) is 0 Å². The lowest BCUT2D eigenvalue weighted by molar-refractivity contribution is 0.343. The third kappa shape index (κ3) is 1.96. The van der Waals surface area contributed by atoms with Gasteiger partial charge in [0.2, 0.25) is 0 Å². The van der Waals surface area contributed by atoms with Crippen LogP contribution in [0.1, 0.15) is 37.4 Å². The Labute approximate surface area is 84.5 Å². The number of piperidine rings is 1. The molecule has 3 N–H and O–H groups in total. The van der Waals surface area contributed by atoms with E-state index in [4.69, 9.17) is 5.73 Å². The molecule has 1 aromatic rings. The first kappa shape index (κ1) is 9.68. The van der Waals surface area contributed by atoms with Crippen molar-refractivity contribution in [3.63, 3.8) is 0 Å². The Hall–Kier alpha value is -0.870. The van der Waals surface area contributed by atoms with Gasteiger partial charge in [-0.15, -0.1) is 0 Å². The predicted molar refractivity (Wildman–Crippen MR) is 56.0 cm³/mol. The van der Waals surface area contributed by atoms with Gasteiger partial charge in [-0.25, -0.2) is 0 Å². The molecule has 1 aliphatic rings.